The van der Waals surface area contributed by atoms with Crippen LogP contribution in [0.3, 0.4) is 0 Å². The Morgan fingerprint density at radius 3 is 2.50 bits per heavy atom. The maximum Gasteiger partial charge on any atom is 0.417 e. The Kier molecular flexibility index (Phi) is 4.61. The first-order valence-corrected chi connectivity index (χ1v) is 7.85. The van der Waals surface area contributed by atoms with Gasteiger partial charge in [0.05, 0.1) is 12.2 Å². The average Bonchev–Trinajstić information content (AvgIpc) is 2.95. The molecule has 0 saturated heterocycles. The molecular formula is C15H11F4N3OS. The third kappa shape index (κ3) is 3.78. The van der Waals surface area contributed by atoms with Gasteiger partial charge in [0, 0.05) is 11.9 Å². The quantitative estimate of drug-likeness (QED) is 0.392. The third-order valence-electron chi connectivity index (χ3n) is 3.10. The van der Waals surface area contributed by atoms with Crippen LogP contribution < -0.4 is 4.74 Å². The molecule has 0 unspecified atom stereocenters. The summed E-state index contributed by atoms with van der Waals surface area (Å²) in [6.07, 6.45) is -3.45. The van der Waals surface area contributed by atoms with Gasteiger partial charge in [-0.05, 0) is 36.4 Å². The lowest BCUT2D eigenvalue weighted by Crippen LogP contribution is -2.06. The second-order valence-electron chi connectivity index (χ2n) is 4.78. The first kappa shape index (κ1) is 16.6. The summed E-state index contributed by atoms with van der Waals surface area (Å²) in [5, 5.41) is 8.05. The molecule has 0 radical (unpaired) electrons. The van der Waals surface area contributed by atoms with Crippen molar-refractivity contribution in [2.45, 2.75) is 11.3 Å². The fourth-order valence-electron chi connectivity index (χ4n) is 1.96. The molecule has 4 nitrogen and oxygen atoms in total. The van der Waals surface area contributed by atoms with Crippen LogP contribution in [-0.2, 0) is 6.18 Å². The Balaban J connectivity index is 1.63. The number of hydrogen-bond acceptors (Lipinski definition) is 4. The molecule has 2 heterocycles. The Morgan fingerprint density at radius 2 is 1.79 bits per heavy atom. The number of rotatable bonds is 5. The highest BCUT2D eigenvalue weighted by Gasteiger charge is 2.31. The van der Waals surface area contributed by atoms with Crippen LogP contribution in [0.1, 0.15) is 5.56 Å². The van der Waals surface area contributed by atoms with Crippen molar-refractivity contribution in [2.24, 2.45) is 0 Å². The summed E-state index contributed by atoms with van der Waals surface area (Å²) in [6.45, 7) is 0.296. The Morgan fingerprint density at radius 1 is 1.04 bits per heavy atom. The molecular weight excluding hydrogens is 346 g/mol. The van der Waals surface area contributed by atoms with Gasteiger partial charge in [-0.2, -0.15) is 13.2 Å². The number of benzene rings is 1. The van der Waals surface area contributed by atoms with E-state index in [0.717, 1.165) is 12.3 Å². The summed E-state index contributed by atoms with van der Waals surface area (Å²) >= 11 is 1.22. The molecule has 0 saturated carbocycles. The van der Waals surface area contributed by atoms with Crippen molar-refractivity contribution in [3.63, 3.8) is 0 Å². The molecule has 3 aromatic rings. The van der Waals surface area contributed by atoms with E-state index in [9.17, 15) is 17.6 Å². The van der Waals surface area contributed by atoms with E-state index in [1.165, 1.54) is 46.5 Å². The molecule has 0 aliphatic carbocycles. The lowest BCUT2D eigenvalue weighted by molar-refractivity contribution is -0.137. The second kappa shape index (κ2) is 6.68. The van der Waals surface area contributed by atoms with Crippen molar-refractivity contribution in [1.82, 2.24) is 14.6 Å². The molecule has 0 fully saturated rings. The highest BCUT2D eigenvalue weighted by molar-refractivity contribution is 7.99. The number of fused-ring (bicyclic) bond motifs is 1. The van der Waals surface area contributed by atoms with Crippen LogP contribution in [0.4, 0.5) is 17.6 Å². The number of alkyl halides is 3. The van der Waals surface area contributed by atoms with Crippen molar-refractivity contribution in [3.8, 4) is 5.75 Å². The van der Waals surface area contributed by atoms with Gasteiger partial charge < -0.3 is 4.74 Å². The number of halogens is 4. The van der Waals surface area contributed by atoms with E-state index in [0.29, 0.717) is 28.9 Å². The largest absolute Gasteiger partial charge is 0.493 e. The summed E-state index contributed by atoms with van der Waals surface area (Å²) in [5.74, 6) is 0.614. The fraction of sp³-hybridized carbons (Fsp3) is 0.200. The van der Waals surface area contributed by atoms with Gasteiger partial charge in [-0.25, -0.2) is 4.39 Å². The van der Waals surface area contributed by atoms with Crippen molar-refractivity contribution in [3.05, 3.63) is 54.0 Å². The fourth-order valence-corrected chi connectivity index (χ4v) is 2.69. The van der Waals surface area contributed by atoms with Gasteiger partial charge in [0.1, 0.15) is 11.6 Å². The van der Waals surface area contributed by atoms with Crippen LogP contribution >= 0.6 is 11.8 Å². The minimum atomic E-state index is -4.42. The standard InChI is InChI=1S/C15H11F4N3OS/c16-11-2-4-12(5-3-11)23-7-8-24-14-21-20-13-6-1-10(9-22(13)14)15(17,18)19/h1-6,9H,7-8H2. The van der Waals surface area contributed by atoms with Crippen LogP contribution in [0.25, 0.3) is 5.65 Å². The highest BCUT2D eigenvalue weighted by Crippen LogP contribution is 2.30. The molecule has 0 aliphatic heterocycles. The molecule has 0 atom stereocenters. The molecule has 9 heteroatoms. The number of ether oxygens (including phenoxy) is 1. The first-order valence-electron chi connectivity index (χ1n) is 6.86. The minimum absolute atomic E-state index is 0.296. The van der Waals surface area contributed by atoms with Crippen molar-refractivity contribution in [2.75, 3.05) is 12.4 Å². The number of hydrogen-bond donors (Lipinski definition) is 0. The minimum Gasteiger partial charge on any atom is -0.493 e. The maximum atomic E-state index is 12.8. The Bertz CT molecular complexity index is 833. The molecule has 0 amide bonds. The van der Waals surface area contributed by atoms with Gasteiger partial charge in [0.2, 0.25) is 0 Å². The molecule has 0 N–H and O–H groups in total. The normalized spacial score (nSPS) is 11.8. The van der Waals surface area contributed by atoms with E-state index in [1.54, 1.807) is 0 Å². The number of pyridine rings is 1. The zero-order chi connectivity index (χ0) is 17.2. The van der Waals surface area contributed by atoms with Crippen LogP contribution in [-0.4, -0.2) is 27.0 Å². The molecule has 2 aromatic heterocycles. The van der Waals surface area contributed by atoms with Crippen molar-refractivity contribution in [1.29, 1.82) is 0 Å². The monoisotopic (exact) mass is 357 g/mol. The van der Waals surface area contributed by atoms with Gasteiger partial charge in [-0.3, -0.25) is 4.40 Å². The van der Waals surface area contributed by atoms with E-state index >= 15 is 0 Å². The summed E-state index contributed by atoms with van der Waals surface area (Å²) in [6, 6.07) is 7.81. The van der Waals surface area contributed by atoms with E-state index in [1.807, 2.05) is 0 Å². The Labute approximate surface area is 138 Å². The number of thioether (sulfide) groups is 1. The molecule has 0 spiro atoms. The molecule has 3 rings (SSSR count). The molecule has 0 bridgehead atoms. The first-order chi connectivity index (χ1) is 11.4. The van der Waals surface area contributed by atoms with E-state index < -0.39 is 11.7 Å². The molecule has 126 valence electrons. The summed E-state index contributed by atoms with van der Waals surface area (Å²) in [7, 11) is 0. The van der Waals surface area contributed by atoms with Gasteiger partial charge >= 0.3 is 6.18 Å². The Hall–Kier alpha value is -2.29. The smallest absolute Gasteiger partial charge is 0.417 e. The maximum absolute atomic E-state index is 12.8. The van der Waals surface area contributed by atoms with Gasteiger partial charge in [-0.15, -0.1) is 10.2 Å². The molecule has 0 aliphatic rings. The zero-order valence-electron chi connectivity index (χ0n) is 12.1. The predicted molar refractivity (Wildman–Crippen MR) is 80.6 cm³/mol. The average molecular weight is 357 g/mol. The summed E-state index contributed by atoms with van der Waals surface area (Å²) in [4.78, 5) is 0. The van der Waals surface area contributed by atoms with E-state index in [4.69, 9.17) is 4.74 Å². The van der Waals surface area contributed by atoms with Crippen LogP contribution in [0, 0.1) is 5.82 Å². The number of aromatic nitrogens is 3. The topological polar surface area (TPSA) is 39.4 Å². The molecule has 1 aromatic carbocycles. The summed E-state index contributed by atoms with van der Waals surface area (Å²) < 4.78 is 57.8. The lowest BCUT2D eigenvalue weighted by Gasteiger charge is -2.08. The van der Waals surface area contributed by atoms with Crippen LogP contribution in [0.5, 0.6) is 5.75 Å². The van der Waals surface area contributed by atoms with Crippen LogP contribution in [0.15, 0.2) is 47.8 Å². The lowest BCUT2D eigenvalue weighted by atomic mass is 10.3. The SMILES string of the molecule is Fc1ccc(OCCSc2nnc3ccc(C(F)(F)F)cn23)cc1. The highest BCUT2D eigenvalue weighted by atomic mass is 32.2. The zero-order valence-corrected chi connectivity index (χ0v) is 12.9. The van der Waals surface area contributed by atoms with Crippen LogP contribution in [0.2, 0.25) is 0 Å². The van der Waals surface area contributed by atoms with Gasteiger partial charge in [0.25, 0.3) is 0 Å². The van der Waals surface area contributed by atoms with E-state index in [2.05, 4.69) is 10.2 Å². The van der Waals surface area contributed by atoms with E-state index in [-0.39, 0.29) is 5.82 Å². The second-order valence-corrected chi connectivity index (χ2v) is 5.84. The summed E-state index contributed by atoms with van der Waals surface area (Å²) in [5.41, 5.74) is -0.427. The molecule has 24 heavy (non-hydrogen) atoms. The number of nitrogens with zero attached hydrogens (tertiary/aromatic N) is 3. The predicted octanol–water partition coefficient (Wildman–Crippen LogP) is 4.06. The van der Waals surface area contributed by atoms with Crippen molar-refractivity contribution >= 4 is 17.4 Å². The van der Waals surface area contributed by atoms with Crippen molar-refractivity contribution < 1.29 is 22.3 Å². The van der Waals surface area contributed by atoms with Gasteiger partial charge in [0.15, 0.2) is 10.8 Å². The van der Waals surface area contributed by atoms with Gasteiger partial charge in [-0.1, -0.05) is 11.8 Å². The third-order valence-corrected chi connectivity index (χ3v) is 4.00.